The number of halogens is 1. The van der Waals surface area contributed by atoms with Crippen LogP contribution >= 0.6 is 15.9 Å². The molecule has 6 nitrogen and oxygen atoms in total. The summed E-state index contributed by atoms with van der Waals surface area (Å²) in [5.41, 5.74) is 6.54. The van der Waals surface area contributed by atoms with E-state index in [2.05, 4.69) is 26.6 Å². The Morgan fingerprint density at radius 3 is 2.90 bits per heavy atom. The van der Waals surface area contributed by atoms with Gasteiger partial charge < -0.3 is 21.3 Å². The highest BCUT2D eigenvalue weighted by Crippen LogP contribution is 2.26. The SMILES string of the molecule is CNC(=O)C1CNCCN1c1ccc(Br)cc1C(N)=O. The fraction of sp³-hybridized carbons (Fsp3) is 0.385. The van der Waals surface area contributed by atoms with Gasteiger partial charge in [0.1, 0.15) is 6.04 Å². The summed E-state index contributed by atoms with van der Waals surface area (Å²) in [7, 11) is 1.60. The van der Waals surface area contributed by atoms with E-state index in [4.69, 9.17) is 5.73 Å². The second kappa shape index (κ2) is 6.23. The molecule has 0 saturated carbocycles. The van der Waals surface area contributed by atoms with Crippen LogP contribution in [0.3, 0.4) is 0 Å². The molecular formula is C13H17BrN4O2. The van der Waals surface area contributed by atoms with Crippen LogP contribution in [0, 0.1) is 0 Å². The van der Waals surface area contributed by atoms with Crippen LogP contribution in [0.25, 0.3) is 0 Å². The molecule has 1 aliphatic rings. The molecule has 20 heavy (non-hydrogen) atoms. The van der Waals surface area contributed by atoms with Gasteiger partial charge in [-0.3, -0.25) is 9.59 Å². The van der Waals surface area contributed by atoms with Crippen LogP contribution in [-0.2, 0) is 4.79 Å². The van der Waals surface area contributed by atoms with Gasteiger partial charge in [-0.05, 0) is 18.2 Å². The van der Waals surface area contributed by atoms with Gasteiger partial charge in [-0.25, -0.2) is 0 Å². The lowest BCUT2D eigenvalue weighted by atomic mass is 10.1. The maximum Gasteiger partial charge on any atom is 0.250 e. The minimum Gasteiger partial charge on any atom is -0.366 e. The number of anilines is 1. The van der Waals surface area contributed by atoms with E-state index in [1.165, 1.54) is 0 Å². The molecule has 2 rings (SSSR count). The number of carbonyl (C=O) groups excluding carboxylic acids is 2. The number of benzene rings is 1. The van der Waals surface area contributed by atoms with Crippen molar-refractivity contribution in [3.63, 3.8) is 0 Å². The summed E-state index contributed by atoms with van der Waals surface area (Å²) < 4.78 is 0.779. The fourth-order valence-corrected chi connectivity index (χ4v) is 2.71. The number of hydrogen-bond acceptors (Lipinski definition) is 4. The Morgan fingerprint density at radius 2 is 2.25 bits per heavy atom. The molecule has 1 saturated heterocycles. The van der Waals surface area contributed by atoms with Gasteiger partial charge in [0.25, 0.3) is 5.91 Å². The normalized spacial score (nSPS) is 18.7. The highest BCUT2D eigenvalue weighted by Gasteiger charge is 2.30. The van der Waals surface area contributed by atoms with E-state index in [0.717, 1.165) is 11.0 Å². The first-order valence-electron chi connectivity index (χ1n) is 6.33. The van der Waals surface area contributed by atoms with Crippen molar-refractivity contribution < 1.29 is 9.59 Å². The van der Waals surface area contributed by atoms with Crippen molar-refractivity contribution in [1.82, 2.24) is 10.6 Å². The predicted octanol–water partition coefficient (Wildman–Crippen LogP) is 0.0722. The molecule has 7 heteroatoms. The lowest BCUT2D eigenvalue weighted by Gasteiger charge is -2.37. The van der Waals surface area contributed by atoms with Gasteiger partial charge in [0, 0.05) is 31.2 Å². The zero-order chi connectivity index (χ0) is 14.7. The Balaban J connectivity index is 2.42. The molecule has 108 valence electrons. The molecule has 0 bridgehead atoms. The Hall–Kier alpha value is -1.60. The molecule has 1 aromatic carbocycles. The molecule has 1 heterocycles. The van der Waals surface area contributed by atoms with Gasteiger partial charge in [-0.1, -0.05) is 15.9 Å². The van der Waals surface area contributed by atoms with Gasteiger partial charge in [-0.15, -0.1) is 0 Å². The van der Waals surface area contributed by atoms with Crippen LogP contribution in [0.2, 0.25) is 0 Å². The summed E-state index contributed by atoms with van der Waals surface area (Å²) in [6.07, 6.45) is 0. The largest absolute Gasteiger partial charge is 0.366 e. The average Bonchev–Trinajstić information content (AvgIpc) is 2.46. The van der Waals surface area contributed by atoms with Crippen molar-refractivity contribution in [3.05, 3.63) is 28.2 Å². The number of nitrogens with one attached hydrogen (secondary N) is 2. The number of carbonyl (C=O) groups is 2. The third-order valence-corrected chi connectivity index (χ3v) is 3.82. The van der Waals surface area contributed by atoms with Crippen molar-refractivity contribution in [2.75, 3.05) is 31.6 Å². The van der Waals surface area contributed by atoms with Crippen LogP contribution in [0.4, 0.5) is 5.69 Å². The van der Waals surface area contributed by atoms with Crippen LogP contribution in [0.15, 0.2) is 22.7 Å². The number of piperazine rings is 1. The minimum absolute atomic E-state index is 0.0875. The first-order valence-corrected chi connectivity index (χ1v) is 7.12. The van der Waals surface area contributed by atoms with Crippen LogP contribution in [0.1, 0.15) is 10.4 Å². The molecular weight excluding hydrogens is 324 g/mol. The molecule has 0 aromatic heterocycles. The molecule has 1 aromatic rings. The highest BCUT2D eigenvalue weighted by atomic mass is 79.9. The summed E-state index contributed by atoms with van der Waals surface area (Å²) in [5, 5.41) is 5.83. The van der Waals surface area contributed by atoms with Crippen LogP contribution < -0.4 is 21.3 Å². The topological polar surface area (TPSA) is 87.5 Å². The highest BCUT2D eigenvalue weighted by molar-refractivity contribution is 9.10. The summed E-state index contributed by atoms with van der Waals surface area (Å²) in [5.74, 6) is -0.592. The number of likely N-dealkylation sites (N-methyl/N-ethyl adjacent to an activating group) is 1. The number of rotatable bonds is 3. The lowest BCUT2D eigenvalue weighted by molar-refractivity contribution is -0.122. The standard InChI is InChI=1S/C13H17BrN4O2/c1-16-13(20)11-7-17-4-5-18(11)10-3-2-8(14)6-9(10)12(15)19/h2-3,6,11,17H,4-5,7H2,1H3,(H2,15,19)(H,16,20). The third kappa shape index (κ3) is 2.94. The van der Waals surface area contributed by atoms with Gasteiger partial charge in [0.2, 0.25) is 5.91 Å². The molecule has 2 amide bonds. The Labute approximate surface area is 125 Å². The van der Waals surface area contributed by atoms with Crippen molar-refractivity contribution in [2.45, 2.75) is 6.04 Å². The van der Waals surface area contributed by atoms with Crippen LogP contribution in [0.5, 0.6) is 0 Å². The third-order valence-electron chi connectivity index (χ3n) is 3.33. The molecule has 0 aliphatic carbocycles. The van der Waals surface area contributed by atoms with E-state index in [0.29, 0.717) is 24.3 Å². The summed E-state index contributed by atoms with van der Waals surface area (Å²) in [4.78, 5) is 25.5. The monoisotopic (exact) mass is 340 g/mol. The van der Waals surface area contributed by atoms with Crippen molar-refractivity contribution in [2.24, 2.45) is 5.73 Å². The second-order valence-corrected chi connectivity index (χ2v) is 5.47. The zero-order valence-electron chi connectivity index (χ0n) is 11.1. The van der Waals surface area contributed by atoms with Crippen molar-refractivity contribution >= 4 is 33.4 Å². The first-order chi connectivity index (χ1) is 9.54. The maximum atomic E-state index is 12.0. The zero-order valence-corrected chi connectivity index (χ0v) is 12.7. The molecule has 1 atom stereocenters. The molecule has 4 N–H and O–H groups in total. The van der Waals surface area contributed by atoms with E-state index in [1.807, 2.05) is 17.0 Å². The maximum absolute atomic E-state index is 12.0. The first kappa shape index (κ1) is 14.8. The van der Waals surface area contributed by atoms with E-state index >= 15 is 0 Å². The Morgan fingerprint density at radius 1 is 1.50 bits per heavy atom. The lowest BCUT2D eigenvalue weighted by Crippen LogP contribution is -2.58. The quantitative estimate of drug-likeness (QED) is 0.726. The summed E-state index contributed by atoms with van der Waals surface area (Å²) in [6, 6.07) is 4.98. The molecule has 0 spiro atoms. The Kier molecular flexibility index (Phi) is 4.61. The minimum atomic E-state index is -0.504. The number of hydrogen-bond donors (Lipinski definition) is 3. The van der Waals surface area contributed by atoms with E-state index in [-0.39, 0.29) is 11.9 Å². The van der Waals surface area contributed by atoms with Crippen molar-refractivity contribution in [3.8, 4) is 0 Å². The predicted molar refractivity (Wildman–Crippen MR) is 80.7 cm³/mol. The molecule has 0 radical (unpaired) electrons. The van der Waals surface area contributed by atoms with Crippen molar-refractivity contribution in [1.29, 1.82) is 0 Å². The van der Waals surface area contributed by atoms with Crippen LogP contribution in [-0.4, -0.2) is 44.5 Å². The Bertz CT molecular complexity index is 535. The number of amides is 2. The number of nitrogens with zero attached hydrogens (tertiary/aromatic N) is 1. The van der Waals surface area contributed by atoms with Gasteiger partial charge in [0.05, 0.1) is 11.3 Å². The van der Waals surface area contributed by atoms with Gasteiger partial charge in [0.15, 0.2) is 0 Å². The smallest absolute Gasteiger partial charge is 0.250 e. The second-order valence-electron chi connectivity index (χ2n) is 4.55. The summed E-state index contributed by atoms with van der Waals surface area (Å²) >= 11 is 3.33. The molecule has 1 aliphatic heterocycles. The average molecular weight is 341 g/mol. The van der Waals surface area contributed by atoms with E-state index in [1.54, 1.807) is 13.1 Å². The number of primary amides is 1. The fourth-order valence-electron chi connectivity index (χ4n) is 2.35. The molecule has 1 unspecified atom stereocenters. The summed E-state index contributed by atoms with van der Waals surface area (Å²) in [6.45, 7) is 1.93. The number of nitrogens with two attached hydrogens (primary N) is 1. The molecule has 1 fully saturated rings. The van der Waals surface area contributed by atoms with Gasteiger partial charge >= 0.3 is 0 Å². The van der Waals surface area contributed by atoms with E-state index in [9.17, 15) is 9.59 Å². The van der Waals surface area contributed by atoms with Gasteiger partial charge in [-0.2, -0.15) is 0 Å². The van der Waals surface area contributed by atoms with E-state index < -0.39 is 5.91 Å².